The quantitative estimate of drug-likeness (QED) is 0.832. The van der Waals surface area contributed by atoms with Gasteiger partial charge in [0.25, 0.3) is 0 Å². The smallest absolute Gasteiger partial charge is 0.239 e. The summed E-state index contributed by atoms with van der Waals surface area (Å²) < 4.78 is 11.5. The number of piperidine rings is 1. The lowest BCUT2D eigenvalue weighted by molar-refractivity contribution is -0.191. The fourth-order valence-electron chi connectivity index (χ4n) is 3.51. The third-order valence-electron chi connectivity index (χ3n) is 4.77. The molecule has 3 saturated heterocycles. The number of rotatable bonds is 2. The summed E-state index contributed by atoms with van der Waals surface area (Å²) in [5.74, 6) is 0.283. The van der Waals surface area contributed by atoms with E-state index in [1.54, 1.807) is 0 Å². The Morgan fingerprint density at radius 1 is 1.20 bits per heavy atom. The van der Waals surface area contributed by atoms with Gasteiger partial charge in [0.05, 0.1) is 19.3 Å². The van der Waals surface area contributed by atoms with Crippen LogP contribution in [0.15, 0.2) is 0 Å². The number of carbonyl (C=O) groups excluding carboxylic acids is 1. The molecule has 0 aromatic heterocycles. The Hall–Kier alpha value is -0.360. The number of nitrogens with one attached hydrogen (secondary N) is 1. The zero-order valence-electron chi connectivity index (χ0n) is 12.1. The summed E-state index contributed by atoms with van der Waals surface area (Å²) in [5.41, 5.74) is 0. The predicted octanol–water partition coefficient (Wildman–Crippen LogP) is 1.16. The van der Waals surface area contributed by atoms with Crippen LogP contribution in [-0.4, -0.2) is 55.5 Å². The number of amides is 1. The van der Waals surface area contributed by atoms with Gasteiger partial charge in [0.15, 0.2) is 5.79 Å². The van der Waals surface area contributed by atoms with Crippen molar-refractivity contribution in [3.05, 3.63) is 0 Å². The largest absolute Gasteiger partial charge is 0.348 e. The van der Waals surface area contributed by atoms with Crippen molar-refractivity contribution in [2.75, 3.05) is 32.8 Å². The minimum atomic E-state index is -0.416. The molecule has 3 fully saturated rings. The number of carbonyl (C=O) groups is 1. The van der Waals surface area contributed by atoms with E-state index in [0.717, 1.165) is 45.3 Å². The molecule has 116 valence electrons. The molecular formula is C14H25ClN2O3. The van der Waals surface area contributed by atoms with Crippen LogP contribution in [0.2, 0.25) is 0 Å². The highest BCUT2D eigenvalue weighted by Gasteiger charge is 2.42. The number of hydrogen-bond acceptors (Lipinski definition) is 4. The second-order valence-electron chi connectivity index (χ2n) is 5.96. The summed E-state index contributed by atoms with van der Waals surface area (Å²) in [7, 11) is 0. The Balaban J connectivity index is 0.00000147. The lowest BCUT2D eigenvalue weighted by Gasteiger charge is -2.39. The van der Waals surface area contributed by atoms with Gasteiger partial charge in [-0.05, 0) is 39.2 Å². The average Bonchev–Trinajstić information content (AvgIpc) is 3.10. The number of hydrogen-bond donors (Lipinski definition) is 1. The summed E-state index contributed by atoms with van der Waals surface area (Å²) in [6.45, 7) is 6.09. The van der Waals surface area contributed by atoms with E-state index in [4.69, 9.17) is 9.47 Å². The Kier molecular flexibility index (Phi) is 5.29. The minimum Gasteiger partial charge on any atom is -0.348 e. The van der Waals surface area contributed by atoms with Crippen LogP contribution in [0.4, 0.5) is 0 Å². The molecule has 0 aliphatic carbocycles. The molecule has 1 atom stereocenters. The van der Waals surface area contributed by atoms with Gasteiger partial charge in [0.2, 0.25) is 5.91 Å². The van der Waals surface area contributed by atoms with Crippen LogP contribution >= 0.6 is 12.4 Å². The van der Waals surface area contributed by atoms with Crippen molar-refractivity contribution in [3.63, 3.8) is 0 Å². The lowest BCUT2D eigenvalue weighted by Crippen LogP contribution is -2.50. The molecule has 5 nitrogen and oxygen atoms in total. The zero-order chi connectivity index (χ0) is 13.3. The van der Waals surface area contributed by atoms with Gasteiger partial charge in [-0.15, -0.1) is 12.4 Å². The third kappa shape index (κ3) is 3.11. The molecule has 0 aromatic rings. The highest BCUT2D eigenvalue weighted by molar-refractivity contribution is 5.85. The van der Waals surface area contributed by atoms with Crippen LogP contribution in [0.25, 0.3) is 0 Å². The van der Waals surface area contributed by atoms with Crippen molar-refractivity contribution in [3.8, 4) is 0 Å². The molecule has 3 rings (SSSR count). The molecule has 3 aliphatic rings. The maximum Gasteiger partial charge on any atom is 0.239 e. The lowest BCUT2D eigenvalue weighted by atomic mass is 9.89. The van der Waals surface area contributed by atoms with Crippen LogP contribution in [-0.2, 0) is 14.3 Å². The zero-order valence-corrected chi connectivity index (χ0v) is 12.9. The molecule has 1 N–H and O–H groups in total. The Labute approximate surface area is 126 Å². The van der Waals surface area contributed by atoms with Crippen molar-refractivity contribution in [2.45, 2.75) is 44.4 Å². The van der Waals surface area contributed by atoms with Gasteiger partial charge in [-0.25, -0.2) is 0 Å². The molecule has 1 amide bonds. The van der Waals surface area contributed by atoms with E-state index in [1.165, 1.54) is 0 Å². The summed E-state index contributed by atoms with van der Waals surface area (Å²) in [6, 6.07) is 0.0612. The average molecular weight is 305 g/mol. The van der Waals surface area contributed by atoms with E-state index in [0.29, 0.717) is 19.1 Å². The molecular weight excluding hydrogens is 280 g/mol. The molecule has 3 aliphatic heterocycles. The summed E-state index contributed by atoms with van der Waals surface area (Å²) in [5, 5.41) is 3.29. The minimum absolute atomic E-state index is 0. The maximum atomic E-state index is 12.3. The number of likely N-dealkylation sites (tertiary alicyclic amines) is 1. The van der Waals surface area contributed by atoms with E-state index < -0.39 is 5.79 Å². The molecule has 1 unspecified atom stereocenters. The molecule has 0 bridgehead atoms. The second-order valence-corrected chi connectivity index (χ2v) is 5.96. The Bertz CT molecular complexity index is 333. The van der Waals surface area contributed by atoms with Crippen LogP contribution < -0.4 is 5.32 Å². The first-order valence-electron chi connectivity index (χ1n) is 7.49. The van der Waals surface area contributed by atoms with Crippen LogP contribution in [0.3, 0.4) is 0 Å². The molecule has 3 heterocycles. The van der Waals surface area contributed by atoms with Crippen LogP contribution in [0, 0.1) is 5.92 Å². The predicted molar refractivity (Wildman–Crippen MR) is 77.9 cm³/mol. The normalized spacial score (nSPS) is 30.2. The standard InChI is InChI=1S/C14H24N2O3.ClH/c1-14(18-9-10-19-14)11-4-7-16(8-5-11)13(17)12-3-2-6-15-12;/h11-12,15H,2-10H2,1H3;1H. The van der Waals surface area contributed by atoms with Gasteiger partial charge in [-0.2, -0.15) is 0 Å². The van der Waals surface area contributed by atoms with E-state index in [2.05, 4.69) is 5.32 Å². The molecule has 0 spiro atoms. The van der Waals surface area contributed by atoms with Gasteiger partial charge in [-0.1, -0.05) is 0 Å². The van der Waals surface area contributed by atoms with Crippen LogP contribution in [0.5, 0.6) is 0 Å². The van der Waals surface area contributed by atoms with Crippen LogP contribution in [0.1, 0.15) is 32.6 Å². The fraction of sp³-hybridized carbons (Fsp3) is 0.929. The third-order valence-corrected chi connectivity index (χ3v) is 4.77. The summed E-state index contributed by atoms with van der Waals surface area (Å²) >= 11 is 0. The van der Waals surface area contributed by atoms with Gasteiger partial charge in [-0.3, -0.25) is 4.79 Å². The maximum absolute atomic E-state index is 12.3. The highest BCUT2D eigenvalue weighted by Crippen LogP contribution is 2.35. The molecule has 0 aromatic carbocycles. The second kappa shape index (κ2) is 6.60. The molecule has 20 heavy (non-hydrogen) atoms. The molecule has 6 heteroatoms. The topological polar surface area (TPSA) is 50.8 Å². The monoisotopic (exact) mass is 304 g/mol. The van der Waals surface area contributed by atoms with E-state index in [-0.39, 0.29) is 24.4 Å². The molecule has 0 radical (unpaired) electrons. The Morgan fingerprint density at radius 3 is 2.40 bits per heavy atom. The van der Waals surface area contributed by atoms with Crippen molar-refractivity contribution < 1.29 is 14.3 Å². The first-order chi connectivity index (χ1) is 9.19. The van der Waals surface area contributed by atoms with Gasteiger partial charge >= 0.3 is 0 Å². The van der Waals surface area contributed by atoms with Crippen molar-refractivity contribution in [1.29, 1.82) is 0 Å². The Morgan fingerprint density at radius 2 is 1.85 bits per heavy atom. The van der Waals surface area contributed by atoms with Crippen molar-refractivity contribution in [1.82, 2.24) is 10.2 Å². The van der Waals surface area contributed by atoms with Crippen molar-refractivity contribution in [2.24, 2.45) is 5.92 Å². The van der Waals surface area contributed by atoms with Gasteiger partial charge in [0, 0.05) is 19.0 Å². The number of ether oxygens (including phenoxy) is 2. The van der Waals surface area contributed by atoms with E-state index in [9.17, 15) is 4.79 Å². The SMILES string of the molecule is CC1(C2CCN(C(=O)C3CCCN3)CC2)OCCO1.Cl. The van der Waals surface area contributed by atoms with Gasteiger partial charge < -0.3 is 19.7 Å². The van der Waals surface area contributed by atoms with E-state index >= 15 is 0 Å². The first kappa shape index (κ1) is 16.0. The van der Waals surface area contributed by atoms with Crippen molar-refractivity contribution >= 4 is 18.3 Å². The number of nitrogens with zero attached hydrogens (tertiary/aromatic N) is 1. The molecule has 0 saturated carbocycles. The highest BCUT2D eigenvalue weighted by atomic mass is 35.5. The fourth-order valence-corrected chi connectivity index (χ4v) is 3.51. The summed E-state index contributed by atoms with van der Waals surface area (Å²) in [4.78, 5) is 14.3. The number of halogens is 1. The van der Waals surface area contributed by atoms with Gasteiger partial charge in [0.1, 0.15) is 0 Å². The summed E-state index contributed by atoms with van der Waals surface area (Å²) in [6.07, 6.45) is 4.07. The first-order valence-corrected chi connectivity index (χ1v) is 7.49. The van der Waals surface area contributed by atoms with E-state index in [1.807, 2.05) is 11.8 Å².